The van der Waals surface area contributed by atoms with E-state index in [4.69, 9.17) is 0 Å². The van der Waals surface area contributed by atoms with Crippen LogP contribution in [0.2, 0.25) is 0 Å². The maximum atomic E-state index is 4.24. The summed E-state index contributed by atoms with van der Waals surface area (Å²) >= 11 is 0. The highest BCUT2D eigenvalue weighted by Crippen LogP contribution is 2.34. The van der Waals surface area contributed by atoms with Crippen molar-refractivity contribution in [2.45, 2.75) is 40.2 Å². The van der Waals surface area contributed by atoms with Gasteiger partial charge in [-0.25, -0.2) is 4.98 Å². The third-order valence-corrected chi connectivity index (χ3v) is 4.16. The summed E-state index contributed by atoms with van der Waals surface area (Å²) < 4.78 is 2.29. The molecule has 0 aliphatic heterocycles. The molecule has 1 aromatic carbocycles. The molecule has 2 nitrogen and oxygen atoms in total. The lowest BCUT2D eigenvalue weighted by Gasteiger charge is -2.34. The Morgan fingerprint density at radius 1 is 1.00 bits per heavy atom. The van der Waals surface area contributed by atoms with Gasteiger partial charge in [0.25, 0.3) is 0 Å². The molecule has 2 rings (SSSR count). The van der Waals surface area contributed by atoms with Gasteiger partial charge in [-0.2, -0.15) is 0 Å². The highest BCUT2D eigenvalue weighted by atomic mass is 15.1. The van der Waals surface area contributed by atoms with Crippen LogP contribution in [0.15, 0.2) is 49.1 Å². The number of hydrogen-bond acceptors (Lipinski definition) is 1. The van der Waals surface area contributed by atoms with E-state index in [0.29, 0.717) is 23.8 Å². The van der Waals surface area contributed by atoms with E-state index in [2.05, 4.69) is 73.8 Å². The largest absolute Gasteiger partial charge is 0.334 e. The minimum atomic E-state index is 0.498. The maximum Gasteiger partial charge on any atom is 0.0948 e. The van der Waals surface area contributed by atoms with Gasteiger partial charge in [-0.1, -0.05) is 58.0 Å². The van der Waals surface area contributed by atoms with Gasteiger partial charge in [0.1, 0.15) is 0 Å². The molecule has 0 aliphatic carbocycles. The lowest BCUT2D eigenvalue weighted by molar-refractivity contribution is 0.198. The normalized spacial score (nSPS) is 14.7. The van der Waals surface area contributed by atoms with Crippen molar-refractivity contribution in [2.75, 3.05) is 0 Å². The van der Waals surface area contributed by atoms with E-state index in [1.54, 1.807) is 0 Å². The molecular weight excluding hydrogens is 244 g/mol. The molecule has 0 radical (unpaired) electrons. The van der Waals surface area contributed by atoms with Crippen molar-refractivity contribution in [3.63, 3.8) is 0 Å². The van der Waals surface area contributed by atoms with Crippen LogP contribution in [-0.2, 0) is 6.42 Å². The summed E-state index contributed by atoms with van der Waals surface area (Å²) in [5, 5.41) is 0. The number of benzene rings is 1. The Balaban J connectivity index is 2.26. The Kier molecular flexibility index (Phi) is 4.99. The maximum absolute atomic E-state index is 4.24. The van der Waals surface area contributed by atoms with E-state index in [9.17, 15) is 0 Å². The summed E-state index contributed by atoms with van der Waals surface area (Å²) in [6.45, 7) is 9.29. The van der Waals surface area contributed by atoms with Crippen molar-refractivity contribution < 1.29 is 0 Å². The Labute approximate surface area is 122 Å². The predicted octanol–water partition coefficient (Wildman–Crippen LogP) is 4.60. The van der Waals surface area contributed by atoms with Gasteiger partial charge in [0.2, 0.25) is 0 Å². The molecule has 0 saturated carbocycles. The predicted molar refractivity (Wildman–Crippen MR) is 84.6 cm³/mol. The van der Waals surface area contributed by atoms with Crippen LogP contribution in [0.5, 0.6) is 0 Å². The lowest BCUT2D eigenvalue weighted by atomic mass is 9.78. The van der Waals surface area contributed by atoms with Crippen LogP contribution in [0, 0.1) is 17.8 Å². The molecule has 0 bridgehead atoms. The molecule has 0 fully saturated rings. The molecule has 0 amide bonds. The fraction of sp³-hybridized carbons (Fsp3) is 0.500. The second-order valence-electron chi connectivity index (χ2n) is 6.34. The average Bonchev–Trinajstić information content (AvgIpc) is 2.92. The van der Waals surface area contributed by atoms with Gasteiger partial charge in [0.15, 0.2) is 0 Å². The molecule has 0 spiro atoms. The summed E-state index contributed by atoms with van der Waals surface area (Å²) in [5.74, 6) is 1.86. The number of nitrogens with zero attached hydrogens (tertiary/aromatic N) is 2. The first-order chi connectivity index (χ1) is 9.59. The van der Waals surface area contributed by atoms with Gasteiger partial charge >= 0.3 is 0 Å². The van der Waals surface area contributed by atoms with Crippen LogP contribution in [0.3, 0.4) is 0 Å². The van der Waals surface area contributed by atoms with Gasteiger partial charge in [0.05, 0.1) is 6.33 Å². The van der Waals surface area contributed by atoms with E-state index in [0.717, 1.165) is 6.42 Å². The first kappa shape index (κ1) is 14.8. The third kappa shape index (κ3) is 3.50. The summed E-state index contributed by atoms with van der Waals surface area (Å²) in [6.07, 6.45) is 7.07. The Morgan fingerprint density at radius 2 is 1.70 bits per heavy atom. The first-order valence-corrected chi connectivity index (χ1v) is 7.61. The monoisotopic (exact) mass is 270 g/mol. The lowest BCUT2D eigenvalue weighted by Crippen LogP contribution is -2.29. The minimum absolute atomic E-state index is 0.498. The van der Waals surface area contributed by atoms with Crippen LogP contribution >= 0.6 is 0 Å². The zero-order chi connectivity index (χ0) is 14.5. The zero-order valence-corrected chi connectivity index (χ0v) is 13.0. The molecule has 1 heterocycles. The number of imidazole rings is 1. The van der Waals surface area contributed by atoms with Gasteiger partial charge in [0, 0.05) is 18.4 Å². The van der Waals surface area contributed by atoms with E-state index in [1.807, 2.05) is 12.5 Å². The van der Waals surface area contributed by atoms with Crippen LogP contribution in [0.4, 0.5) is 0 Å². The fourth-order valence-electron chi connectivity index (χ4n) is 3.14. The average molecular weight is 270 g/mol. The quantitative estimate of drug-likeness (QED) is 0.750. The summed E-state index contributed by atoms with van der Waals surface area (Å²) in [5.41, 5.74) is 1.43. The van der Waals surface area contributed by atoms with Crippen molar-refractivity contribution >= 4 is 0 Å². The highest BCUT2D eigenvalue weighted by molar-refractivity contribution is 5.16. The van der Waals surface area contributed by atoms with Crippen molar-refractivity contribution in [2.24, 2.45) is 17.8 Å². The van der Waals surface area contributed by atoms with Gasteiger partial charge in [-0.05, 0) is 29.7 Å². The molecule has 2 aromatic rings. The molecule has 2 unspecified atom stereocenters. The number of aromatic nitrogens is 2. The Hall–Kier alpha value is -1.57. The molecule has 1 aromatic heterocycles. The molecule has 0 aliphatic rings. The molecule has 20 heavy (non-hydrogen) atoms. The van der Waals surface area contributed by atoms with Crippen molar-refractivity contribution in [1.82, 2.24) is 9.55 Å². The molecule has 2 atom stereocenters. The number of rotatable bonds is 6. The molecule has 0 N–H and O–H groups in total. The summed E-state index contributed by atoms with van der Waals surface area (Å²) in [7, 11) is 0. The van der Waals surface area contributed by atoms with Crippen LogP contribution < -0.4 is 0 Å². The number of hydrogen-bond donors (Lipinski definition) is 0. The van der Waals surface area contributed by atoms with Crippen molar-refractivity contribution in [3.05, 3.63) is 54.6 Å². The molecule has 2 heteroatoms. The van der Waals surface area contributed by atoms with E-state index >= 15 is 0 Å². The minimum Gasteiger partial charge on any atom is -0.334 e. The first-order valence-electron chi connectivity index (χ1n) is 7.61. The molecule has 108 valence electrons. The second kappa shape index (κ2) is 6.74. The SMILES string of the molecule is CC(C)C(Cc1ccccc1)C(C(C)C)n1ccnc1. The van der Waals surface area contributed by atoms with Gasteiger partial charge in [-0.3, -0.25) is 0 Å². The van der Waals surface area contributed by atoms with Crippen LogP contribution in [-0.4, -0.2) is 9.55 Å². The van der Waals surface area contributed by atoms with E-state index < -0.39 is 0 Å². The van der Waals surface area contributed by atoms with Crippen molar-refractivity contribution in [3.8, 4) is 0 Å². The molecule has 0 saturated heterocycles. The van der Waals surface area contributed by atoms with Crippen molar-refractivity contribution in [1.29, 1.82) is 0 Å². The standard InChI is InChI=1S/C18H26N2/c1-14(2)17(12-16-8-6-5-7-9-16)18(15(3)4)20-11-10-19-13-20/h5-11,13-15,17-18H,12H2,1-4H3. The van der Waals surface area contributed by atoms with E-state index in [1.165, 1.54) is 5.56 Å². The smallest absolute Gasteiger partial charge is 0.0948 e. The third-order valence-electron chi connectivity index (χ3n) is 4.16. The Bertz CT molecular complexity index is 485. The van der Waals surface area contributed by atoms with Gasteiger partial charge < -0.3 is 4.57 Å². The highest BCUT2D eigenvalue weighted by Gasteiger charge is 2.28. The fourth-order valence-corrected chi connectivity index (χ4v) is 3.14. The summed E-state index contributed by atoms with van der Waals surface area (Å²) in [4.78, 5) is 4.24. The van der Waals surface area contributed by atoms with Crippen LogP contribution in [0.1, 0.15) is 39.3 Å². The Morgan fingerprint density at radius 3 is 2.20 bits per heavy atom. The summed E-state index contributed by atoms with van der Waals surface area (Å²) in [6, 6.07) is 11.3. The topological polar surface area (TPSA) is 17.8 Å². The second-order valence-corrected chi connectivity index (χ2v) is 6.34. The van der Waals surface area contributed by atoms with E-state index in [-0.39, 0.29) is 0 Å². The van der Waals surface area contributed by atoms with Gasteiger partial charge in [-0.15, -0.1) is 0 Å². The van der Waals surface area contributed by atoms with Crippen LogP contribution in [0.25, 0.3) is 0 Å². The molecular formula is C18H26N2. The zero-order valence-electron chi connectivity index (χ0n) is 13.0.